The summed E-state index contributed by atoms with van der Waals surface area (Å²) in [7, 11) is 0. The smallest absolute Gasteiger partial charge is 0.139 e. The van der Waals surface area contributed by atoms with Crippen molar-refractivity contribution < 1.29 is 28.5 Å². The van der Waals surface area contributed by atoms with Crippen molar-refractivity contribution in [2.75, 3.05) is 26.4 Å². The van der Waals surface area contributed by atoms with Gasteiger partial charge in [-0.25, -0.2) is 0 Å². The molecular weight excluding hydrogens is 733 g/mol. The highest BCUT2D eigenvalue weighted by molar-refractivity contribution is 6.08. The average Bonchev–Trinajstić information content (AvgIpc) is 4.01. The number of furan rings is 2. The maximum atomic E-state index is 9.24. The van der Waals surface area contributed by atoms with Crippen molar-refractivity contribution in [2.45, 2.75) is 5.41 Å². The fraction of sp³-hybridized carbons (Fsp3) is 0.0943. The van der Waals surface area contributed by atoms with E-state index in [1.165, 1.54) is 44.5 Å². The zero-order valence-electron chi connectivity index (χ0n) is 31.9. The summed E-state index contributed by atoms with van der Waals surface area (Å²) in [6.45, 7) is 0.383. The van der Waals surface area contributed by atoms with Gasteiger partial charge in [-0.1, -0.05) is 84.9 Å². The van der Waals surface area contributed by atoms with Gasteiger partial charge in [-0.15, -0.1) is 0 Å². The Labute approximate surface area is 339 Å². The van der Waals surface area contributed by atoms with Gasteiger partial charge in [0.05, 0.1) is 18.6 Å². The van der Waals surface area contributed by atoms with Crippen LogP contribution in [0.4, 0.5) is 0 Å². The minimum Gasteiger partial charge on any atom is -0.491 e. The van der Waals surface area contributed by atoms with Crippen molar-refractivity contribution in [2.24, 2.45) is 0 Å². The van der Waals surface area contributed by atoms with Crippen LogP contribution in [0.1, 0.15) is 22.3 Å². The molecule has 2 aliphatic carbocycles. The van der Waals surface area contributed by atoms with Crippen molar-refractivity contribution in [3.05, 3.63) is 180 Å². The van der Waals surface area contributed by atoms with Crippen molar-refractivity contribution >= 4 is 43.9 Å². The number of hydrogen-bond acceptors (Lipinski definition) is 6. The van der Waals surface area contributed by atoms with Crippen LogP contribution in [-0.4, -0.2) is 36.6 Å². The lowest BCUT2D eigenvalue weighted by atomic mass is 9.70. The molecule has 0 radical (unpaired) electrons. The number of hydrogen-bond donors (Lipinski definition) is 2. The second-order valence-corrected chi connectivity index (χ2v) is 15.4. The number of rotatable bonds is 8. The molecule has 2 aromatic heterocycles. The minimum atomic E-state index is -0.535. The summed E-state index contributed by atoms with van der Waals surface area (Å²) in [5.41, 5.74) is 17.1. The first-order valence-corrected chi connectivity index (χ1v) is 20.0. The van der Waals surface area contributed by atoms with Gasteiger partial charge < -0.3 is 28.5 Å². The monoisotopic (exact) mass is 768 g/mol. The van der Waals surface area contributed by atoms with Gasteiger partial charge in [-0.3, -0.25) is 0 Å². The summed E-state index contributed by atoms with van der Waals surface area (Å²) in [5, 5.41) is 22.6. The van der Waals surface area contributed by atoms with Gasteiger partial charge in [0.1, 0.15) is 47.0 Å². The summed E-state index contributed by atoms with van der Waals surface area (Å²) >= 11 is 0. The van der Waals surface area contributed by atoms with Gasteiger partial charge in [0.2, 0.25) is 0 Å². The molecule has 0 bridgehead atoms. The van der Waals surface area contributed by atoms with Gasteiger partial charge in [0.15, 0.2) is 0 Å². The van der Waals surface area contributed by atoms with E-state index in [2.05, 4.69) is 121 Å². The van der Waals surface area contributed by atoms with Gasteiger partial charge in [-0.2, -0.15) is 0 Å². The van der Waals surface area contributed by atoms with Crippen LogP contribution < -0.4 is 9.47 Å². The highest BCUT2D eigenvalue weighted by Crippen LogP contribution is 2.63. The molecule has 12 rings (SSSR count). The molecule has 0 saturated heterocycles. The standard InChI is InChI=1S/C53H36O6/c54-21-23-56-35-13-19-43-41-17-11-33(27-49(41)58-51(43)29-35)31-9-15-39-37-5-1-3-7-45(37)53(47(39)25-31)46-8-4-2-6-38(46)40-16-10-32(26-48(40)53)34-12-18-42-44-20-14-36(57-24-22-55)30-52(44)59-50(42)28-34/h1-20,25-30,54-55H,21-24H2. The number of aliphatic hydroxyl groups is 2. The average molecular weight is 769 g/mol. The third-order valence-corrected chi connectivity index (χ3v) is 12.4. The Bertz CT molecular complexity index is 3110. The van der Waals surface area contributed by atoms with Gasteiger partial charge >= 0.3 is 0 Å². The van der Waals surface area contributed by atoms with Crippen LogP contribution in [0.5, 0.6) is 11.5 Å². The first-order chi connectivity index (χ1) is 29.1. The Kier molecular flexibility index (Phi) is 7.45. The van der Waals surface area contributed by atoms with E-state index in [-0.39, 0.29) is 26.4 Å². The fourth-order valence-corrected chi connectivity index (χ4v) is 9.88. The molecular formula is C53H36O6. The van der Waals surface area contributed by atoms with Crippen molar-refractivity contribution in [3.8, 4) is 56.0 Å². The summed E-state index contributed by atoms with van der Waals surface area (Å²) in [4.78, 5) is 0. The van der Waals surface area contributed by atoms with E-state index in [0.717, 1.165) is 66.1 Å². The Hall–Kier alpha value is -7.12. The second-order valence-electron chi connectivity index (χ2n) is 15.4. The van der Waals surface area contributed by atoms with Crippen LogP contribution in [0.25, 0.3) is 88.4 Å². The predicted octanol–water partition coefficient (Wildman–Crippen LogP) is 11.9. The normalized spacial score (nSPS) is 13.3. The van der Waals surface area contributed by atoms with E-state index in [0.29, 0.717) is 11.5 Å². The first-order valence-electron chi connectivity index (χ1n) is 20.0. The Morgan fingerprint density at radius 2 is 0.746 bits per heavy atom. The molecule has 6 nitrogen and oxygen atoms in total. The predicted molar refractivity (Wildman–Crippen MR) is 233 cm³/mol. The largest absolute Gasteiger partial charge is 0.491 e. The van der Waals surface area contributed by atoms with Crippen LogP contribution >= 0.6 is 0 Å². The highest BCUT2D eigenvalue weighted by Gasteiger charge is 2.51. The molecule has 1 spiro atoms. The fourth-order valence-electron chi connectivity index (χ4n) is 9.88. The minimum absolute atomic E-state index is 0.0434. The molecule has 8 aromatic carbocycles. The molecule has 0 aliphatic heterocycles. The molecule has 2 aliphatic rings. The molecule has 0 amide bonds. The lowest BCUT2D eigenvalue weighted by Crippen LogP contribution is -2.26. The molecule has 2 N–H and O–H groups in total. The van der Waals surface area contributed by atoms with Gasteiger partial charge in [-0.05, 0) is 127 Å². The summed E-state index contributed by atoms with van der Waals surface area (Å²) in [5.74, 6) is 1.34. The van der Waals surface area contributed by atoms with E-state index in [4.69, 9.17) is 18.3 Å². The highest BCUT2D eigenvalue weighted by atomic mass is 16.5. The van der Waals surface area contributed by atoms with Crippen LogP contribution in [0, 0.1) is 0 Å². The zero-order chi connectivity index (χ0) is 39.2. The van der Waals surface area contributed by atoms with Gasteiger partial charge in [0, 0.05) is 33.7 Å². The lowest BCUT2D eigenvalue weighted by Gasteiger charge is -2.31. The van der Waals surface area contributed by atoms with E-state index in [9.17, 15) is 10.2 Å². The summed E-state index contributed by atoms with van der Waals surface area (Å²) < 4.78 is 24.2. The van der Waals surface area contributed by atoms with Crippen LogP contribution in [-0.2, 0) is 5.41 Å². The molecule has 2 heterocycles. The molecule has 0 atom stereocenters. The summed E-state index contributed by atoms with van der Waals surface area (Å²) in [6, 6.07) is 56.3. The number of fused-ring (bicyclic) bond motifs is 16. The molecule has 6 heteroatoms. The molecule has 284 valence electrons. The Morgan fingerprint density at radius 1 is 0.373 bits per heavy atom. The topological polar surface area (TPSA) is 85.2 Å². The molecule has 0 fully saturated rings. The van der Waals surface area contributed by atoms with Crippen molar-refractivity contribution in [1.29, 1.82) is 0 Å². The quantitative estimate of drug-likeness (QED) is 0.160. The van der Waals surface area contributed by atoms with Crippen LogP contribution in [0.3, 0.4) is 0 Å². The molecule has 0 saturated carbocycles. The van der Waals surface area contributed by atoms with E-state index < -0.39 is 5.41 Å². The first kappa shape index (κ1) is 34.0. The third kappa shape index (κ3) is 4.94. The summed E-state index contributed by atoms with van der Waals surface area (Å²) in [6.07, 6.45) is 0. The van der Waals surface area contributed by atoms with Crippen LogP contribution in [0.15, 0.2) is 167 Å². The van der Waals surface area contributed by atoms with Crippen LogP contribution in [0.2, 0.25) is 0 Å². The Balaban J connectivity index is 1.02. The maximum Gasteiger partial charge on any atom is 0.139 e. The maximum absolute atomic E-state index is 9.24. The lowest BCUT2D eigenvalue weighted by molar-refractivity contribution is 0.201. The molecule has 59 heavy (non-hydrogen) atoms. The number of benzene rings is 8. The SMILES string of the molecule is OCCOc1ccc2c(c1)oc1cc(-c3ccc4c(c3)C3(c5ccccc5-4)c4ccccc4-c4ccc(-c5ccc6c(c5)oc5cc(OCCO)ccc56)cc43)ccc12. The second kappa shape index (κ2) is 12.9. The van der Waals surface area contributed by atoms with E-state index in [1.54, 1.807) is 0 Å². The molecule has 10 aromatic rings. The molecule has 0 unspecified atom stereocenters. The number of ether oxygens (including phenoxy) is 2. The van der Waals surface area contributed by atoms with Gasteiger partial charge in [0.25, 0.3) is 0 Å². The Morgan fingerprint density at radius 3 is 1.20 bits per heavy atom. The van der Waals surface area contributed by atoms with Crippen molar-refractivity contribution in [3.63, 3.8) is 0 Å². The van der Waals surface area contributed by atoms with E-state index in [1.807, 2.05) is 36.4 Å². The van der Waals surface area contributed by atoms with E-state index >= 15 is 0 Å². The van der Waals surface area contributed by atoms with Crippen molar-refractivity contribution in [1.82, 2.24) is 0 Å². The third-order valence-electron chi connectivity index (χ3n) is 12.4. The number of aliphatic hydroxyl groups excluding tert-OH is 2. The zero-order valence-corrected chi connectivity index (χ0v) is 31.9.